The van der Waals surface area contributed by atoms with E-state index in [-0.39, 0.29) is 0 Å². The van der Waals surface area contributed by atoms with Crippen LogP contribution in [0.5, 0.6) is 0 Å². The molecule has 0 radical (unpaired) electrons. The third-order valence-corrected chi connectivity index (χ3v) is 5.11. The summed E-state index contributed by atoms with van der Waals surface area (Å²) in [7, 11) is 0. The molecule has 0 unspecified atom stereocenters. The Kier molecular flexibility index (Phi) is 3.79. The standard InChI is InChI=1S/C22H16N8O/c23-21-20-16(15-7-6-14(10-18(15)25-21)17-8-9-24-26-17)11-30(29-20)12-19-27-28-22(31-19)13-4-2-1-3-5-13/h1-11H,12H2,(H2,23,25)(H,24,26). The van der Waals surface area contributed by atoms with E-state index in [9.17, 15) is 0 Å². The minimum Gasteiger partial charge on any atom is -0.419 e. The van der Waals surface area contributed by atoms with Gasteiger partial charge in [0.25, 0.3) is 0 Å². The minimum absolute atomic E-state index is 0.334. The molecule has 0 fully saturated rings. The molecule has 9 heteroatoms. The van der Waals surface area contributed by atoms with Crippen molar-refractivity contribution >= 4 is 27.6 Å². The van der Waals surface area contributed by atoms with Gasteiger partial charge in [0.05, 0.1) is 11.2 Å². The topological polar surface area (TPSA) is 124 Å². The second-order valence-electron chi connectivity index (χ2n) is 7.14. The molecule has 2 aromatic carbocycles. The van der Waals surface area contributed by atoms with Crippen LogP contribution in [0.1, 0.15) is 5.89 Å². The molecular formula is C22H16N8O. The molecule has 0 aliphatic carbocycles. The number of pyridine rings is 1. The first-order chi connectivity index (χ1) is 15.2. The van der Waals surface area contributed by atoms with Gasteiger partial charge < -0.3 is 10.2 Å². The van der Waals surface area contributed by atoms with Gasteiger partial charge in [-0.1, -0.05) is 30.3 Å². The number of rotatable bonds is 4. The van der Waals surface area contributed by atoms with Gasteiger partial charge in [0.2, 0.25) is 11.8 Å². The second kappa shape index (κ2) is 6.77. The number of aromatic amines is 1. The summed E-state index contributed by atoms with van der Waals surface area (Å²) in [5.41, 5.74) is 10.3. The molecule has 0 amide bonds. The molecule has 6 aromatic rings. The number of benzene rings is 2. The average Bonchev–Trinajstić information content (AvgIpc) is 3.55. The lowest BCUT2D eigenvalue weighted by atomic mass is 10.1. The van der Waals surface area contributed by atoms with Gasteiger partial charge in [-0.05, 0) is 24.3 Å². The number of hydrogen-bond acceptors (Lipinski definition) is 7. The summed E-state index contributed by atoms with van der Waals surface area (Å²) >= 11 is 0. The first-order valence-electron chi connectivity index (χ1n) is 9.69. The van der Waals surface area contributed by atoms with Crippen LogP contribution in [0.25, 0.3) is 44.5 Å². The molecule has 0 atom stereocenters. The van der Waals surface area contributed by atoms with E-state index in [1.54, 1.807) is 10.9 Å². The Morgan fingerprint density at radius 2 is 1.87 bits per heavy atom. The first kappa shape index (κ1) is 17.3. The lowest BCUT2D eigenvalue weighted by Crippen LogP contribution is -2.00. The van der Waals surface area contributed by atoms with Crippen LogP contribution >= 0.6 is 0 Å². The maximum Gasteiger partial charge on any atom is 0.247 e. The Morgan fingerprint density at radius 1 is 0.968 bits per heavy atom. The monoisotopic (exact) mass is 408 g/mol. The van der Waals surface area contributed by atoms with Gasteiger partial charge in [0, 0.05) is 34.3 Å². The Bertz CT molecular complexity index is 1520. The Hall–Kier alpha value is -4.53. The van der Waals surface area contributed by atoms with E-state index in [4.69, 9.17) is 10.2 Å². The lowest BCUT2D eigenvalue weighted by Gasteiger charge is -2.03. The minimum atomic E-state index is 0.334. The fraction of sp³-hybridized carbons (Fsp3) is 0.0455. The van der Waals surface area contributed by atoms with Crippen LogP contribution in [0.3, 0.4) is 0 Å². The number of hydrogen-bond donors (Lipinski definition) is 2. The zero-order valence-electron chi connectivity index (χ0n) is 16.2. The number of fused-ring (bicyclic) bond motifs is 3. The molecular weight excluding hydrogens is 392 g/mol. The van der Waals surface area contributed by atoms with Crippen molar-refractivity contribution in [2.45, 2.75) is 6.54 Å². The fourth-order valence-corrected chi connectivity index (χ4v) is 3.66. The second-order valence-corrected chi connectivity index (χ2v) is 7.14. The first-order valence-corrected chi connectivity index (χ1v) is 9.69. The summed E-state index contributed by atoms with van der Waals surface area (Å²) in [5.74, 6) is 1.31. The summed E-state index contributed by atoms with van der Waals surface area (Å²) in [6.07, 6.45) is 3.71. The number of nitrogen functional groups attached to an aromatic ring is 1. The van der Waals surface area contributed by atoms with Crippen LogP contribution in [0.2, 0.25) is 0 Å². The van der Waals surface area contributed by atoms with Crippen molar-refractivity contribution in [2.24, 2.45) is 0 Å². The molecule has 0 aliphatic rings. The van der Waals surface area contributed by atoms with Crippen molar-refractivity contribution in [3.63, 3.8) is 0 Å². The van der Waals surface area contributed by atoms with Crippen molar-refractivity contribution in [3.05, 3.63) is 72.9 Å². The van der Waals surface area contributed by atoms with Gasteiger partial charge in [-0.15, -0.1) is 10.2 Å². The molecule has 4 heterocycles. The SMILES string of the molecule is Nc1nc2cc(-c3cc[nH]n3)ccc2c2cn(Cc3nnc(-c4ccccc4)o3)nc12. The lowest BCUT2D eigenvalue weighted by molar-refractivity contribution is 0.475. The zero-order valence-corrected chi connectivity index (χ0v) is 16.2. The number of H-pyrrole nitrogens is 1. The van der Waals surface area contributed by atoms with E-state index < -0.39 is 0 Å². The molecule has 4 aromatic heterocycles. The van der Waals surface area contributed by atoms with Gasteiger partial charge in [-0.3, -0.25) is 9.78 Å². The number of nitrogens with two attached hydrogens (primary N) is 1. The van der Waals surface area contributed by atoms with E-state index in [0.29, 0.717) is 29.7 Å². The summed E-state index contributed by atoms with van der Waals surface area (Å²) in [6.45, 7) is 0.334. The summed E-state index contributed by atoms with van der Waals surface area (Å²) in [4.78, 5) is 4.55. The van der Waals surface area contributed by atoms with E-state index in [1.165, 1.54) is 0 Å². The highest BCUT2D eigenvalue weighted by atomic mass is 16.4. The summed E-state index contributed by atoms with van der Waals surface area (Å²) in [6, 6.07) is 17.6. The molecule has 0 saturated heterocycles. The number of nitrogens with one attached hydrogen (secondary N) is 1. The largest absolute Gasteiger partial charge is 0.419 e. The van der Waals surface area contributed by atoms with E-state index >= 15 is 0 Å². The van der Waals surface area contributed by atoms with E-state index in [0.717, 1.165) is 33.1 Å². The molecule has 0 saturated carbocycles. The van der Waals surface area contributed by atoms with Crippen molar-refractivity contribution < 1.29 is 4.42 Å². The van der Waals surface area contributed by atoms with Crippen LogP contribution in [-0.2, 0) is 6.54 Å². The van der Waals surface area contributed by atoms with Crippen LogP contribution in [0.15, 0.2) is 71.4 Å². The smallest absolute Gasteiger partial charge is 0.247 e. The average molecular weight is 408 g/mol. The van der Waals surface area contributed by atoms with Crippen molar-refractivity contribution in [1.82, 2.24) is 35.2 Å². The number of anilines is 1. The zero-order chi connectivity index (χ0) is 20.8. The third kappa shape index (κ3) is 2.99. The molecule has 9 nitrogen and oxygen atoms in total. The molecule has 31 heavy (non-hydrogen) atoms. The summed E-state index contributed by atoms with van der Waals surface area (Å²) < 4.78 is 7.55. The molecule has 0 spiro atoms. The Labute approximate surface area is 175 Å². The molecule has 0 bridgehead atoms. The normalized spacial score (nSPS) is 11.5. The van der Waals surface area contributed by atoms with Gasteiger partial charge in [-0.2, -0.15) is 10.2 Å². The maximum atomic E-state index is 6.22. The van der Waals surface area contributed by atoms with Crippen molar-refractivity contribution in [3.8, 4) is 22.7 Å². The van der Waals surface area contributed by atoms with Crippen LogP contribution < -0.4 is 5.73 Å². The highest BCUT2D eigenvalue weighted by Crippen LogP contribution is 2.30. The Balaban J connectivity index is 1.38. The van der Waals surface area contributed by atoms with Crippen LogP contribution in [0, 0.1) is 0 Å². The summed E-state index contributed by atoms with van der Waals surface area (Å²) in [5, 5.41) is 21.8. The predicted molar refractivity (Wildman–Crippen MR) is 116 cm³/mol. The highest BCUT2D eigenvalue weighted by molar-refractivity contribution is 6.08. The third-order valence-electron chi connectivity index (χ3n) is 5.11. The highest BCUT2D eigenvalue weighted by Gasteiger charge is 2.14. The molecule has 3 N–H and O–H groups in total. The quantitative estimate of drug-likeness (QED) is 0.456. The van der Waals surface area contributed by atoms with Gasteiger partial charge in [0.1, 0.15) is 12.1 Å². The molecule has 6 rings (SSSR count). The van der Waals surface area contributed by atoms with Crippen molar-refractivity contribution in [2.75, 3.05) is 5.73 Å². The van der Waals surface area contributed by atoms with Gasteiger partial charge in [0.15, 0.2) is 5.82 Å². The van der Waals surface area contributed by atoms with Crippen LogP contribution in [0.4, 0.5) is 5.82 Å². The number of aromatic nitrogens is 7. The Morgan fingerprint density at radius 3 is 2.71 bits per heavy atom. The predicted octanol–water partition coefficient (Wildman–Crippen LogP) is 3.66. The van der Waals surface area contributed by atoms with E-state index in [2.05, 4.69) is 30.5 Å². The van der Waals surface area contributed by atoms with Crippen molar-refractivity contribution in [1.29, 1.82) is 0 Å². The molecule has 0 aliphatic heterocycles. The maximum absolute atomic E-state index is 6.22. The fourth-order valence-electron chi connectivity index (χ4n) is 3.66. The van der Waals surface area contributed by atoms with Crippen LogP contribution in [-0.4, -0.2) is 35.2 Å². The van der Waals surface area contributed by atoms with Gasteiger partial charge in [-0.25, -0.2) is 4.98 Å². The molecule has 150 valence electrons. The number of nitrogens with zero attached hydrogens (tertiary/aromatic N) is 6. The van der Waals surface area contributed by atoms with E-state index in [1.807, 2.05) is 60.8 Å². The van der Waals surface area contributed by atoms with Gasteiger partial charge >= 0.3 is 0 Å².